The Kier molecular flexibility index (Phi) is 4.74. The average Bonchev–Trinajstić information content (AvgIpc) is 2.39. The minimum absolute atomic E-state index is 0.190. The maximum absolute atomic E-state index is 12.1. The highest BCUT2D eigenvalue weighted by Crippen LogP contribution is 2.29. The summed E-state index contributed by atoms with van der Waals surface area (Å²) in [6.07, 6.45) is 2.04. The van der Waals surface area contributed by atoms with Crippen LogP contribution in [0.3, 0.4) is 0 Å². The summed E-state index contributed by atoms with van der Waals surface area (Å²) in [7, 11) is 0. The fraction of sp³-hybridized carbons (Fsp3) is 0.529. The zero-order chi connectivity index (χ0) is 16.3. The van der Waals surface area contributed by atoms with Crippen molar-refractivity contribution < 1.29 is 9.59 Å². The number of rotatable bonds is 2. The molecule has 5 nitrogen and oxygen atoms in total. The Bertz CT molecular complexity index is 563. The lowest BCUT2D eigenvalue weighted by Crippen LogP contribution is -2.51. The molecular weight excluding hydrogens is 278 g/mol. The third-order valence-corrected chi connectivity index (χ3v) is 3.72. The number of imide groups is 1. The summed E-state index contributed by atoms with van der Waals surface area (Å²) >= 11 is 0. The standard InChI is InChI=1S/C17H25N3O2/c1-12-9-10-13-7-5-6-8-14(13)20(12)11-15(21)18-16(22)19-17(2,3)4/h5-8,12H,9-11H2,1-4H3,(H2,18,19,21,22)/t12-/m1/s1. The summed E-state index contributed by atoms with van der Waals surface area (Å²) in [6.45, 7) is 7.92. The van der Waals surface area contributed by atoms with Gasteiger partial charge in [-0.15, -0.1) is 0 Å². The monoisotopic (exact) mass is 303 g/mol. The maximum atomic E-state index is 12.1. The molecule has 0 saturated carbocycles. The highest BCUT2D eigenvalue weighted by atomic mass is 16.2. The average molecular weight is 303 g/mol. The second kappa shape index (κ2) is 6.38. The highest BCUT2D eigenvalue weighted by Gasteiger charge is 2.25. The van der Waals surface area contributed by atoms with E-state index in [2.05, 4.69) is 28.5 Å². The second-order valence-corrected chi connectivity index (χ2v) is 6.90. The van der Waals surface area contributed by atoms with Crippen molar-refractivity contribution in [1.29, 1.82) is 0 Å². The van der Waals surface area contributed by atoms with Crippen molar-refractivity contribution in [1.82, 2.24) is 10.6 Å². The fourth-order valence-electron chi connectivity index (χ4n) is 2.69. The Labute approximate surface area is 132 Å². The van der Waals surface area contributed by atoms with E-state index in [9.17, 15) is 9.59 Å². The van der Waals surface area contributed by atoms with Crippen molar-refractivity contribution in [3.05, 3.63) is 29.8 Å². The minimum atomic E-state index is -0.449. The molecule has 0 spiro atoms. The molecule has 2 N–H and O–H groups in total. The molecule has 0 bridgehead atoms. The van der Waals surface area contributed by atoms with Crippen LogP contribution in [0.15, 0.2) is 24.3 Å². The van der Waals surface area contributed by atoms with Crippen LogP contribution in [-0.2, 0) is 11.2 Å². The lowest BCUT2D eigenvalue weighted by atomic mass is 9.97. The summed E-state index contributed by atoms with van der Waals surface area (Å²) in [6, 6.07) is 7.96. The molecule has 1 atom stereocenters. The molecule has 22 heavy (non-hydrogen) atoms. The van der Waals surface area contributed by atoms with Crippen molar-refractivity contribution in [2.24, 2.45) is 0 Å². The molecule has 5 heteroatoms. The smallest absolute Gasteiger partial charge is 0.321 e. The van der Waals surface area contributed by atoms with Gasteiger partial charge in [-0.3, -0.25) is 10.1 Å². The largest absolute Gasteiger partial charge is 0.359 e. The van der Waals surface area contributed by atoms with Gasteiger partial charge in [0.25, 0.3) is 0 Å². The predicted molar refractivity (Wildman–Crippen MR) is 88.0 cm³/mol. The maximum Gasteiger partial charge on any atom is 0.321 e. The number of hydrogen-bond donors (Lipinski definition) is 2. The van der Waals surface area contributed by atoms with Gasteiger partial charge in [0.1, 0.15) is 0 Å². The number of urea groups is 1. The summed E-state index contributed by atoms with van der Waals surface area (Å²) in [5, 5.41) is 5.13. The molecule has 2 rings (SSSR count). The second-order valence-electron chi connectivity index (χ2n) is 6.90. The van der Waals surface area contributed by atoms with Crippen molar-refractivity contribution in [3.8, 4) is 0 Å². The summed E-state index contributed by atoms with van der Waals surface area (Å²) in [5.74, 6) is -0.287. The normalized spacial score (nSPS) is 17.6. The Morgan fingerprint density at radius 2 is 1.95 bits per heavy atom. The first-order chi connectivity index (χ1) is 10.3. The van der Waals surface area contributed by atoms with Crippen LogP contribution in [-0.4, -0.2) is 30.1 Å². The summed E-state index contributed by atoms with van der Waals surface area (Å²) in [5.41, 5.74) is 1.98. The Morgan fingerprint density at radius 1 is 1.27 bits per heavy atom. The van der Waals surface area contributed by atoms with Gasteiger partial charge in [0.05, 0.1) is 6.54 Å². The van der Waals surface area contributed by atoms with Gasteiger partial charge in [-0.25, -0.2) is 4.79 Å². The molecule has 0 aliphatic carbocycles. The van der Waals surface area contributed by atoms with E-state index in [0.717, 1.165) is 18.5 Å². The van der Waals surface area contributed by atoms with Crippen molar-refractivity contribution >= 4 is 17.6 Å². The van der Waals surface area contributed by atoms with Gasteiger partial charge in [-0.05, 0) is 52.2 Å². The molecule has 1 aromatic rings. The van der Waals surface area contributed by atoms with E-state index in [1.165, 1.54) is 5.56 Å². The number of nitrogens with one attached hydrogen (secondary N) is 2. The van der Waals surface area contributed by atoms with E-state index in [1.807, 2.05) is 39.0 Å². The zero-order valence-corrected chi connectivity index (χ0v) is 13.8. The third kappa shape index (κ3) is 4.23. The summed E-state index contributed by atoms with van der Waals surface area (Å²) in [4.78, 5) is 26.0. The van der Waals surface area contributed by atoms with E-state index in [4.69, 9.17) is 0 Å². The topological polar surface area (TPSA) is 61.4 Å². The van der Waals surface area contributed by atoms with E-state index < -0.39 is 6.03 Å². The van der Waals surface area contributed by atoms with Crippen molar-refractivity contribution in [2.75, 3.05) is 11.4 Å². The molecule has 3 amide bonds. The first kappa shape index (κ1) is 16.3. The molecule has 0 radical (unpaired) electrons. The number of benzene rings is 1. The van der Waals surface area contributed by atoms with Gasteiger partial charge in [0, 0.05) is 17.3 Å². The predicted octanol–water partition coefficient (Wildman–Crippen LogP) is 2.45. The van der Waals surface area contributed by atoms with Crippen LogP contribution in [0.4, 0.5) is 10.5 Å². The number of hydrogen-bond acceptors (Lipinski definition) is 3. The number of anilines is 1. The van der Waals surface area contributed by atoms with Crippen molar-refractivity contribution in [2.45, 2.75) is 52.1 Å². The number of carbonyl (C=O) groups excluding carboxylic acids is 2. The van der Waals surface area contributed by atoms with Crippen LogP contribution < -0.4 is 15.5 Å². The van der Waals surface area contributed by atoms with Crippen LogP contribution in [0, 0.1) is 0 Å². The van der Waals surface area contributed by atoms with E-state index in [-0.39, 0.29) is 24.0 Å². The number of fused-ring (bicyclic) bond motifs is 1. The quantitative estimate of drug-likeness (QED) is 0.882. The molecular formula is C17H25N3O2. The molecule has 1 aliphatic heterocycles. The third-order valence-electron chi connectivity index (χ3n) is 3.72. The lowest BCUT2D eigenvalue weighted by Gasteiger charge is -2.36. The van der Waals surface area contributed by atoms with Crippen LogP contribution >= 0.6 is 0 Å². The van der Waals surface area contributed by atoms with Gasteiger partial charge in [0.2, 0.25) is 5.91 Å². The SMILES string of the molecule is C[C@@H]1CCc2ccccc2N1CC(=O)NC(=O)NC(C)(C)C. The Balaban J connectivity index is 2.01. The fourth-order valence-corrected chi connectivity index (χ4v) is 2.69. The van der Waals surface area contributed by atoms with Gasteiger partial charge >= 0.3 is 6.03 Å². The first-order valence-electron chi connectivity index (χ1n) is 7.73. The minimum Gasteiger partial charge on any atom is -0.359 e. The molecule has 0 aromatic heterocycles. The van der Waals surface area contributed by atoms with Crippen LogP contribution in [0.5, 0.6) is 0 Å². The molecule has 120 valence electrons. The number of carbonyl (C=O) groups is 2. The molecule has 0 fully saturated rings. The van der Waals surface area contributed by atoms with Gasteiger partial charge in [-0.1, -0.05) is 18.2 Å². The number of para-hydroxylation sites is 1. The number of aryl methyl sites for hydroxylation is 1. The molecule has 1 heterocycles. The molecule has 0 saturated heterocycles. The van der Waals surface area contributed by atoms with Crippen LogP contribution in [0.1, 0.15) is 39.7 Å². The molecule has 1 aromatic carbocycles. The van der Waals surface area contributed by atoms with Crippen LogP contribution in [0.25, 0.3) is 0 Å². The van der Waals surface area contributed by atoms with E-state index in [1.54, 1.807) is 0 Å². The Hall–Kier alpha value is -2.04. The van der Waals surface area contributed by atoms with Crippen LogP contribution in [0.2, 0.25) is 0 Å². The summed E-state index contributed by atoms with van der Waals surface area (Å²) < 4.78 is 0. The van der Waals surface area contributed by atoms with Gasteiger partial charge in [0.15, 0.2) is 0 Å². The zero-order valence-electron chi connectivity index (χ0n) is 13.8. The number of amides is 3. The number of nitrogens with zero attached hydrogens (tertiary/aromatic N) is 1. The molecule has 1 aliphatic rings. The van der Waals surface area contributed by atoms with Gasteiger partial charge in [-0.2, -0.15) is 0 Å². The van der Waals surface area contributed by atoms with Gasteiger partial charge < -0.3 is 10.2 Å². The van der Waals surface area contributed by atoms with E-state index in [0.29, 0.717) is 0 Å². The Morgan fingerprint density at radius 3 is 2.64 bits per heavy atom. The van der Waals surface area contributed by atoms with E-state index >= 15 is 0 Å². The lowest BCUT2D eigenvalue weighted by molar-refractivity contribution is -0.118. The molecule has 0 unspecified atom stereocenters. The highest BCUT2D eigenvalue weighted by molar-refractivity contribution is 5.96. The first-order valence-corrected chi connectivity index (χ1v) is 7.73. The van der Waals surface area contributed by atoms with Crippen molar-refractivity contribution in [3.63, 3.8) is 0 Å².